The topological polar surface area (TPSA) is 163 Å². The number of methoxy groups -OCH3 is 1. The minimum Gasteiger partial charge on any atom is -0.508 e. The zero-order chi connectivity index (χ0) is 71.5. The molecule has 7 aliphatic rings. The lowest BCUT2D eigenvalue weighted by Crippen LogP contribution is -2.43. The SMILES string of the molecule is COC(=O)N(CCc1ccc(C)cc1)C1CCCC1.Cc1ccc(CCCC2CCCC2)cc1.Cc1ccc(CCN)cc1.IC1CCCC1.O=C(O)c1cc(-c2cccc(COc3ccc4c(c3)C(=O)N(C3CCCC3)CC4)c2)ccc1Cl.O=C1c2cc(O)ccc2CCN1C1CCCC1. The number of carbonyl (C=O) groups excluding carboxylic acids is 3. The van der Waals surface area contributed by atoms with E-state index in [1.54, 1.807) is 30.3 Å². The number of rotatable bonds is 17. The van der Waals surface area contributed by atoms with E-state index in [2.05, 4.69) is 121 Å². The maximum absolute atomic E-state index is 13.2. The highest BCUT2D eigenvalue weighted by Crippen LogP contribution is 2.35. The van der Waals surface area contributed by atoms with Crippen LogP contribution in [0.1, 0.15) is 222 Å². The lowest BCUT2D eigenvalue weighted by Gasteiger charge is -2.33. The number of nitrogens with zero attached hydrogens (tertiary/aromatic N) is 3. The molecule has 14 heteroatoms. The Labute approximate surface area is 621 Å². The van der Waals surface area contributed by atoms with Crippen molar-refractivity contribution in [1.29, 1.82) is 0 Å². The molecule has 7 aromatic rings. The first-order chi connectivity index (χ1) is 49.0. The van der Waals surface area contributed by atoms with Gasteiger partial charge in [-0.15, -0.1) is 0 Å². The molecule has 2 aliphatic heterocycles. The Kier molecular flexibility index (Phi) is 31.3. The molecule has 2 heterocycles. The number of aryl methyl sites for hydroxylation is 4. The number of ether oxygens (including phenoxy) is 2. The number of aromatic hydroxyl groups is 1. The molecule has 0 bridgehead atoms. The number of carboxylic acids is 1. The van der Waals surface area contributed by atoms with E-state index in [-0.39, 0.29) is 34.2 Å². The molecule has 4 N–H and O–H groups in total. The number of aromatic carboxylic acids is 1. The molecule has 5 aliphatic carbocycles. The number of amides is 3. The van der Waals surface area contributed by atoms with Gasteiger partial charge in [0.05, 0.1) is 17.7 Å². The maximum atomic E-state index is 13.2. The summed E-state index contributed by atoms with van der Waals surface area (Å²) < 4.78 is 12.0. The summed E-state index contributed by atoms with van der Waals surface area (Å²) in [4.78, 5) is 54.8. The number of carbonyl (C=O) groups is 4. The van der Waals surface area contributed by atoms with Gasteiger partial charge in [-0.3, -0.25) is 9.59 Å². The molecule has 0 radical (unpaired) electrons. The van der Waals surface area contributed by atoms with Crippen LogP contribution in [-0.4, -0.2) is 104 Å². The number of alkyl halides is 1. The van der Waals surface area contributed by atoms with Crippen LogP contribution in [0.15, 0.2) is 152 Å². The van der Waals surface area contributed by atoms with Gasteiger partial charge in [-0.1, -0.05) is 244 Å². The Bertz CT molecular complexity index is 3720. The van der Waals surface area contributed by atoms with E-state index in [0.717, 1.165) is 134 Å². The van der Waals surface area contributed by atoms with E-state index in [4.69, 9.17) is 26.8 Å². The third-order valence-electron chi connectivity index (χ3n) is 21.2. The van der Waals surface area contributed by atoms with Crippen LogP contribution in [0.2, 0.25) is 5.02 Å². The molecule has 12 nitrogen and oxygen atoms in total. The van der Waals surface area contributed by atoms with Gasteiger partial charge in [0.1, 0.15) is 18.1 Å². The molecule has 5 saturated carbocycles. The van der Waals surface area contributed by atoms with Crippen molar-refractivity contribution in [2.75, 3.05) is 33.3 Å². The molecular weight excluding hydrogens is 1390 g/mol. The van der Waals surface area contributed by atoms with Crippen molar-refractivity contribution in [2.45, 2.75) is 223 Å². The third kappa shape index (κ3) is 24.2. The number of halogens is 2. The van der Waals surface area contributed by atoms with Gasteiger partial charge < -0.3 is 40.1 Å². The predicted molar refractivity (Wildman–Crippen MR) is 419 cm³/mol. The zero-order valence-corrected chi connectivity index (χ0v) is 63.4. The van der Waals surface area contributed by atoms with E-state index < -0.39 is 5.97 Å². The van der Waals surface area contributed by atoms with Gasteiger partial charge >= 0.3 is 12.1 Å². The molecular formula is C87H110ClIN4O8. The highest BCUT2D eigenvalue weighted by molar-refractivity contribution is 14.1. The number of phenols is 1. The van der Waals surface area contributed by atoms with Crippen LogP contribution in [0, 0.1) is 26.7 Å². The van der Waals surface area contributed by atoms with Gasteiger partial charge in [0, 0.05) is 52.8 Å². The Hall–Kier alpha value is -7.20. The van der Waals surface area contributed by atoms with E-state index in [1.807, 2.05) is 58.3 Å². The van der Waals surface area contributed by atoms with Crippen LogP contribution >= 0.6 is 34.2 Å². The molecule has 101 heavy (non-hydrogen) atoms. The standard InChI is InChI=1S/C28H26ClNO4.C16H23NO2.C15H22.C14H17NO2.C9H13N.C5H9I/c29-26-11-9-21(15-25(26)28(32)33)20-5-3-4-18(14-20)17-34-23-10-8-19-12-13-30(22-6-1-2-7-22)27(31)24(19)16-23;1-13-7-9-14(10-8-13)11-12-17(16(18)19-2)15-5-3-4-6-15;1-13-9-11-15(12-10-13)8-4-7-14-5-2-3-6-14;16-12-6-5-10-7-8-15(11-3-1-2-4-11)14(17)13(10)9-12;1-8-2-4-9(5-3-8)6-7-10;6-5-3-1-2-4-5/h3-5,8-11,14-16,22H,1-2,6-7,12-13,17H2,(H,32,33);7-10,15H,3-6,11-12H2,1-2H3;9-12,14H,2-8H2,1H3;5-6,9,11,16H,1-4,7-8H2;2-5H,6-7,10H2,1H3;5H,1-4H2. The van der Waals surface area contributed by atoms with Gasteiger partial charge in [-0.2, -0.15) is 0 Å². The van der Waals surface area contributed by atoms with Crippen LogP contribution in [0.5, 0.6) is 11.5 Å². The summed E-state index contributed by atoms with van der Waals surface area (Å²) in [5.41, 5.74) is 19.7. The molecule has 14 rings (SSSR count). The predicted octanol–water partition coefficient (Wildman–Crippen LogP) is 20.5. The molecule has 0 atom stereocenters. The van der Waals surface area contributed by atoms with E-state index >= 15 is 0 Å². The van der Waals surface area contributed by atoms with Crippen molar-refractivity contribution in [1.82, 2.24) is 14.7 Å². The Morgan fingerprint density at radius 3 is 1.58 bits per heavy atom. The van der Waals surface area contributed by atoms with Crippen molar-refractivity contribution in [2.24, 2.45) is 11.7 Å². The first-order valence-corrected chi connectivity index (χ1v) is 39.3. The van der Waals surface area contributed by atoms with Crippen molar-refractivity contribution in [3.63, 3.8) is 0 Å². The van der Waals surface area contributed by atoms with Crippen LogP contribution in [0.4, 0.5) is 4.79 Å². The monoisotopic (exact) mass is 1500 g/mol. The average Bonchev–Trinajstić information content (AvgIpc) is 1.54. The summed E-state index contributed by atoms with van der Waals surface area (Å²) in [6, 6.07) is 50.9. The molecule has 0 spiro atoms. The second-order valence-electron chi connectivity index (χ2n) is 28.8. The summed E-state index contributed by atoms with van der Waals surface area (Å²) in [7, 11) is 1.47. The molecule has 0 unspecified atom stereocenters. The van der Waals surface area contributed by atoms with E-state index in [9.17, 15) is 29.4 Å². The van der Waals surface area contributed by atoms with Crippen molar-refractivity contribution in [3.05, 3.63) is 223 Å². The van der Waals surface area contributed by atoms with Crippen LogP contribution in [0.25, 0.3) is 11.1 Å². The minimum atomic E-state index is -1.06. The largest absolute Gasteiger partial charge is 0.508 e. The van der Waals surface area contributed by atoms with Crippen LogP contribution < -0.4 is 10.5 Å². The summed E-state index contributed by atoms with van der Waals surface area (Å²) in [5.74, 6) is 1.08. The highest BCUT2D eigenvalue weighted by atomic mass is 127. The fraction of sp³-hybridized carbons (Fsp3) is 0.471. The van der Waals surface area contributed by atoms with Gasteiger partial charge in [0.2, 0.25) is 0 Å². The average molecular weight is 1500 g/mol. The molecule has 7 aromatic carbocycles. The van der Waals surface area contributed by atoms with E-state index in [1.165, 1.54) is 150 Å². The van der Waals surface area contributed by atoms with Gasteiger partial charge in [0.25, 0.3) is 11.8 Å². The van der Waals surface area contributed by atoms with Crippen molar-refractivity contribution >= 4 is 58.1 Å². The quantitative estimate of drug-likeness (QED) is 0.0595. The van der Waals surface area contributed by atoms with Crippen molar-refractivity contribution < 1.29 is 38.9 Å². The molecule has 3 amide bonds. The summed E-state index contributed by atoms with van der Waals surface area (Å²) in [5, 5.41) is 19.1. The summed E-state index contributed by atoms with van der Waals surface area (Å²) in [6.07, 6.45) is 33.5. The molecule has 5 fully saturated rings. The first-order valence-electron chi connectivity index (χ1n) is 37.7. The fourth-order valence-corrected chi connectivity index (χ4v) is 16.3. The number of benzene rings is 7. The van der Waals surface area contributed by atoms with Crippen LogP contribution in [0.3, 0.4) is 0 Å². The number of hydrogen-bond acceptors (Lipinski definition) is 8. The molecule has 0 aromatic heterocycles. The zero-order valence-electron chi connectivity index (χ0n) is 60.5. The second-order valence-corrected chi connectivity index (χ2v) is 31.0. The minimum absolute atomic E-state index is 0.0752. The van der Waals surface area contributed by atoms with Gasteiger partial charge in [0.15, 0.2) is 0 Å². The van der Waals surface area contributed by atoms with E-state index in [0.29, 0.717) is 36.0 Å². The number of phenolic OH excluding ortho intramolecular Hbond substituents is 1. The summed E-state index contributed by atoms with van der Waals surface area (Å²) >= 11 is 8.54. The van der Waals surface area contributed by atoms with Gasteiger partial charge in [-0.05, 0) is 210 Å². The Balaban J connectivity index is 0.000000152. The fourth-order valence-electron chi connectivity index (χ4n) is 15.2. The van der Waals surface area contributed by atoms with Crippen molar-refractivity contribution in [3.8, 4) is 22.6 Å². The number of hydrogen-bond donors (Lipinski definition) is 3. The second kappa shape index (κ2) is 40.6. The van der Waals surface area contributed by atoms with Gasteiger partial charge in [-0.25, -0.2) is 9.59 Å². The highest BCUT2D eigenvalue weighted by Gasteiger charge is 2.34. The Morgan fingerprint density at radius 1 is 0.564 bits per heavy atom. The lowest BCUT2D eigenvalue weighted by atomic mass is 9.97. The first kappa shape index (κ1) is 77.9. The number of fused-ring (bicyclic) bond motifs is 2. The molecule has 540 valence electrons. The number of carboxylic acid groups (broad SMARTS) is 1. The molecule has 0 saturated heterocycles. The Morgan fingerprint density at radius 2 is 1.06 bits per heavy atom. The summed E-state index contributed by atoms with van der Waals surface area (Å²) in [6.45, 7) is 9.80. The van der Waals surface area contributed by atoms with Crippen LogP contribution in [-0.2, 0) is 43.4 Å². The normalized spacial score (nSPS) is 16.8. The smallest absolute Gasteiger partial charge is 0.409 e. The number of nitrogens with two attached hydrogens (primary N) is 1. The third-order valence-corrected chi connectivity index (χ3v) is 22.8. The maximum Gasteiger partial charge on any atom is 0.409 e. The lowest BCUT2D eigenvalue weighted by molar-refractivity contribution is 0.0655.